The summed E-state index contributed by atoms with van der Waals surface area (Å²) in [6, 6.07) is 25.4. The number of aliphatic imine (C=N–C) groups is 1. The molecule has 0 bridgehead atoms. The molecule has 34 heavy (non-hydrogen) atoms. The van der Waals surface area contributed by atoms with Gasteiger partial charge in [-0.2, -0.15) is 0 Å². The highest BCUT2D eigenvalue weighted by atomic mass is 32.2. The van der Waals surface area contributed by atoms with Crippen LogP contribution in [-0.2, 0) is 16.1 Å². The van der Waals surface area contributed by atoms with Crippen LogP contribution in [0.2, 0.25) is 0 Å². The lowest BCUT2D eigenvalue weighted by Gasteiger charge is -2.17. The Morgan fingerprint density at radius 2 is 1.74 bits per heavy atom. The lowest BCUT2D eigenvalue weighted by atomic mass is 10.2. The summed E-state index contributed by atoms with van der Waals surface area (Å²) in [7, 11) is 1.99. The molecule has 1 saturated heterocycles. The van der Waals surface area contributed by atoms with E-state index >= 15 is 0 Å². The van der Waals surface area contributed by atoms with Crippen molar-refractivity contribution in [2.24, 2.45) is 4.99 Å². The maximum atomic E-state index is 13.7. The van der Waals surface area contributed by atoms with Crippen LogP contribution in [0.25, 0.3) is 0 Å². The van der Waals surface area contributed by atoms with Crippen LogP contribution in [0.5, 0.6) is 0 Å². The highest BCUT2D eigenvalue weighted by Gasteiger charge is 2.39. The first-order valence-electron chi connectivity index (χ1n) is 10.7. The smallest absolute Gasteiger partial charge is 0.269 e. The average Bonchev–Trinajstić information content (AvgIpc) is 3.31. The van der Waals surface area contributed by atoms with E-state index in [0.717, 1.165) is 21.2 Å². The SMILES string of the molecule is CC(=O)Nc1cccc(N=C2S/C(=C3/Sc4ccccc4N3C)C(=O)N2Cc2ccccc2)c1. The molecule has 2 aliphatic rings. The number of para-hydroxylation sites is 1. The summed E-state index contributed by atoms with van der Waals surface area (Å²) in [5.74, 6) is -0.207. The molecular weight excluding hydrogens is 464 g/mol. The van der Waals surface area contributed by atoms with Crippen molar-refractivity contribution in [1.29, 1.82) is 0 Å². The Bertz CT molecular complexity index is 1340. The van der Waals surface area contributed by atoms with Crippen molar-refractivity contribution in [3.8, 4) is 0 Å². The first-order valence-corrected chi connectivity index (χ1v) is 12.4. The van der Waals surface area contributed by atoms with Crippen LogP contribution in [0.3, 0.4) is 0 Å². The van der Waals surface area contributed by atoms with Gasteiger partial charge in [-0.05, 0) is 47.7 Å². The summed E-state index contributed by atoms with van der Waals surface area (Å²) in [6.07, 6.45) is 0. The quantitative estimate of drug-likeness (QED) is 0.471. The van der Waals surface area contributed by atoms with Crippen LogP contribution >= 0.6 is 23.5 Å². The summed E-state index contributed by atoms with van der Waals surface area (Å²) < 4.78 is 0. The third-order valence-corrected chi connectivity index (χ3v) is 7.80. The summed E-state index contributed by atoms with van der Waals surface area (Å²) in [4.78, 5) is 35.6. The minimum absolute atomic E-state index is 0.0622. The number of carbonyl (C=O) groups excluding carboxylic acids is 2. The number of amides is 2. The molecule has 2 amide bonds. The van der Waals surface area contributed by atoms with Gasteiger partial charge in [-0.15, -0.1) is 0 Å². The molecule has 0 unspecified atom stereocenters. The molecule has 6 nitrogen and oxygen atoms in total. The summed E-state index contributed by atoms with van der Waals surface area (Å²) in [5, 5.41) is 4.31. The van der Waals surface area contributed by atoms with Crippen molar-refractivity contribution in [2.75, 3.05) is 17.3 Å². The van der Waals surface area contributed by atoms with Crippen LogP contribution in [0.15, 0.2) is 98.7 Å². The number of carbonyl (C=O) groups is 2. The van der Waals surface area contributed by atoms with E-state index in [4.69, 9.17) is 4.99 Å². The lowest BCUT2D eigenvalue weighted by Crippen LogP contribution is -2.29. The van der Waals surface area contributed by atoms with E-state index in [1.165, 1.54) is 18.7 Å². The fourth-order valence-electron chi connectivity index (χ4n) is 3.79. The molecule has 2 aliphatic heterocycles. The number of hydrogen-bond donors (Lipinski definition) is 1. The second kappa shape index (κ2) is 9.40. The van der Waals surface area contributed by atoms with Gasteiger partial charge in [0.2, 0.25) is 5.91 Å². The zero-order valence-corrected chi connectivity index (χ0v) is 20.3. The van der Waals surface area contributed by atoms with Gasteiger partial charge in [0.05, 0.1) is 22.9 Å². The molecular formula is C26H22N4O2S2. The van der Waals surface area contributed by atoms with Crippen LogP contribution in [0.4, 0.5) is 17.1 Å². The molecule has 170 valence electrons. The average molecular weight is 487 g/mol. The largest absolute Gasteiger partial charge is 0.337 e. The number of amidine groups is 1. The van der Waals surface area contributed by atoms with Gasteiger partial charge in [-0.25, -0.2) is 4.99 Å². The topological polar surface area (TPSA) is 65.0 Å². The number of nitrogens with zero attached hydrogens (tertiary/aromatic N) is 3. The Morgan fingerprint density at radius 1 is 0.971 bits per heavy atom. The third-order valence-electron chi connectivity index (χ3n) is 5.37. The zero-order valence-electron chi connectivity index (χ0n) is 18.7. The van der Waals surface area contributed by atoms with Gasteiger partial charge in [0, 0.05) is 24.6 Å². The van der Waals surface area contributed by atoms with Crippen LogP contribution in [0.1, 0.15) is 12.5 Å². The number of nitrogens with one attached hydrogen (secondary N) is 1. The van der Waals surface area contributed by atoms with Gasteiger partial charge in [0.25, 0.3) is 5.91 Å². The lowest BCUT2D eigenvalue weighted by molar-refractivity contribution is -0.122. The number of fused-ring (bicyclic) bond motifs is 1. The molecule has 0 spiro atoms. The molecule has 0 saturated carbocycles. The molecule has 2 heterocycles. The van der Waals surface area contributed by atoms with Crippen molar-refractivity contribution in [1.82, 2.24) is 4.90 Å². The normalized spacial score (nSPS) is 18.5. The van der Waals surface area contributed by atoms with Crippen molar-refractivity contribution < 1.29 is 9.59 Å². The zero-order chi connectivity index (χ0) is 23.7. The Morgan fingerprint density at radius 3 is 2.50 bits per heavy atom. The molecule has 0 atom stereocenters. The highest BCUT2D eigenvalue weighted by molar-refractivity contribution is 8.19. The van der Waals surface area contributed by atoms with E-state index in [1.807, 2.05) is 67.7 Å². The van der Waals surface area contributed by atoms with E-state index in [2.05, 4.69) is 22.3 Å². The van der Waals surface area contributed by atoms with Gasteiger partial charge in [0.1, 0.15) is 4.91 Å². The number of thioether (sulfide) groups is 2. The maximum Gasteiger partial charge on any atom is 0.269 e. The second-order valence-corrected chi connectivity index (χ2v) is 9.88. The fourth-order valence-corrected chi connectivity index (χ4v) is 6.13. The Kier molecular flexibility index (Phi) is 6.17. The minimum atomic E-state index is -0.145. The summed E-state index contributed by atoms with van der Waals surface area (Å²) in [5.41, 5.74) is 3.45. The Hall–Kier alpha value is -3.49. The second-order valence-electron chi connectivity index (χ2n) is 7.87. The first kappa shape index (κ1) is 22.3. The molecule has 0 aliphatic carbocycles. The molecule has 8 heteroatoms. The van der Waals surface area contributed by atoms with Gasteiger partial charge in [-0.1, -0.05) is 60.3 Å². The molecule has 3 aromatic rings. The summed E-state index contributed by atoms with van der Waals surface area (Å²) >= 11 is 2.99. The molecule has 5 rings (SSSR count). The number of anilines is 2. The van der Waals surface area contributed by atoms with Gasteiger partial charge in [-0.3, -0.25) is 14.5 Å². The first-order chi connectivity index (χ1) is 16.5. The fraction of sp³-hybridized carbons (Fsp3) is 0.115. The summed E-state index contributed by atoms with van der Waals surface area (Å²) in [6.45, 7) is 1.90. The van der Waals surface area contributed by atoms with E-state index in [1.54, 1.807) is 22.7 Å². The van der Waals surface area contributed by atoms with Crippen LogP contribution in [0, 0.1) is 0 Å². The molecule has 1 N–H and O–H groups in total. The molecule has 3 aromatic carbocycles. The maximum absolute atomic E-state index is 13.7. The standard InChI is InChI=1S/C26H22N4O2S2/c1-17(31)27-19-11-8-12-20(15-19)28-26-30(16-18-9-4-3-5-10-18)24(32)23(34-26)25-29(2)21-13-6-7-14-22(21)33-25/h3-15H,16H2,1-2H3,(H,27,31)/b25-23+,28-26?. The van der Waals surface area contributed by atoms with E-state index in [9.17, 15) is 9.59 Å². The monoisotopic (exact) mass is 486 g/mol. The van der Waals surface area contributed by atoms with E-state index in [-0.39, 0.29) is 11.8 Å². The van der Waals surface area contributed by atoms with Crippen molar-refractivity contribution in [3.05, 3.63) is 94.4 Å². The molecule has 0 radical (unpaired) electrons. The number of rotatable bonds is 4. The van der Waals surface area contributed by atoms with Crippen LogP contribution in [-0.4, -0.2) is 28.9 Å². The Labute approximate surface area is 206 Å². The minimum Gasteiger partial charge on any atom is -0.337 e. The Balaban J connectivity index is 1.54. The van der Waals surface area contributed by atoms with E-state index < -0.39 is 0 Å². The predicted molar refractivity (Wildman–Crippen MR) is 140 cm³/mol. The van der Waals surface area contributed by atoms with Crippen molar-refractivity contribution in [2.45, 2.75) is 18.4 Å². The van der Waals surface area contributed by atoms with Gasteiger partial charge < -0.3 is 10.2 Å². The van der Waals surface area contributed by atoms with Crippen molar-refractivity contribution in [3.63, 3.8) is 0 Å². The number of hydrogen-bond acceptors (Lipinski definition) is 6. The van der Waals surface area contributed by atoms with E-state index in [0.29, 0.717) is 28.0 Å². The van der Waals surface area contributed by atoms with Gasteiger partial charge >= 0.3 is 0 Å². The third kappa shape index (κ3) is 4.47. The highest BCUT2D eigenvalue weighted by Crippen LogP contribution is 2.50. The number of benzene rings is 3. The molecule has 0 aromatic heterocycles. The predicted octanol–water partition coefficient (Wildman–Crippen LogP) is 5.82. The van der Waals surface area contributed by atoms with Gasteiger partial charge in [0.15, 0.2) is 5.17 Å². The molecule has 1 fully saturated rings. The van der Waals surface area contributed by atoms with Crippen molar-refractivity contribution >= 4 is 57.6 Å². The van der Waals surface area contributed by atoms with Crippen LogP contribution < -0.4 is 10.2 Å².